The molecule has 1 amide bonds. The van der Waals surface area contributed by atoms with Crippen LogP contribution in [0.15, 0.2) is 6.20 Å². The van der Waals surface area contributed by atoms with Crippen LogP contribution in [0.1, 0.15) is 73.3 Å². The largest absolute Gasteiger partial charge is 0.338 e. The molecule has 0 aromatic carbocycles. The molecule has 23 heavy (non-hydrogen) atoms. The molecule has 0 unspecified atom stereocenters. The van der Waals surface area contributed by atoms with Gasteiger partial charge < -0.3 is 10.2 Å². The van der Waals surface area contributed by atoms with Crippen LogP contribution in [0.5, 0.6) is 0 Å². The fourth-order valence-corrected chi connectivity index (χ4v) is 4.86. The average Bonchev–Trinajstić information content (AvgIpc) is 3.25. The summed E-state index contributed by atoms with van der Waals surface area (Å²) in [7, 11) is 0. The van der Waals surface area contributed by atoms with Gasteiger partial charge in [-0.3, -0.25) is 9.89 Å². The summed E-state index contributed by atoms with van der Waals surface area (Å²) in [4.78, 5) is 15.2. The predicted molar refractivity (Wildman–Crippen MR) is 89.5 cm³/mol. The van der Waals surface area contributed by atoms with Gasteiger partial charge in [-0.2, -0.15) is 5.10 Å². The number of carbonyl (C=O) groups is 1. The molecule has 2 saturated heterocycles. The third-order valence-corrected chi connectivity index (χ3v) is 6.19. The highest BCUT2D eigenvalue weighted by molar-refractivity contribution is 5.95. The Kier molecular flexibility index (Phi) is 4.14. The quantitative estimate of drug-likeness (QED) is 0.882. The van der Waals surface area contributed by atoms with E-state index in [2.05, 4.69) is 20.4 Å². The fraction of sp³-hybridized carbons (Fsp3) is 0.778. The zero-order chi connectivity index (χ0) is 15.7. The number of carbonyl (C=O) groups excluding carboxylic acids is 1. The molecule has 5 heteroatoms. The highest BCUT2D eigenvalue weighted by Crippen LogP contribution is 2.37. The molecule has 1 aromatic rings. The number of H-pyrrole nitrogens is 1. The Morgan fingerprint density at radius 3 is 2.87 bits per heavy atom. The fourth-order valence-electron chi connectivity index (χ4n) is 4.86. The van der Waals surface area contributed by atoms with E-state index in [9.17, 15) is 4.79 Å². The van der Waals surface area contributed by atoms with Gasteiger partial charge in [-0.1, -0.05) is 19.3 Å². The average molecular weight is 316 g/mol. The Bertz CT molecular complexity index is 555. The van der Waals surface area contributed by atoms with Crippen LogP contribution in [0, 0.1) is 5.41 Å². The molecule has 126 valence electrons. The van der Waals surface area contributed by atoms with E-state index in [1.165, 1.54) is 44.9 Å². The van der Waals surface area contributed by atoms with Crippen molar-refractivity contribution in [3.63, 3.8) is 0 Å². The van der Waals surface area contributed by atoms with Crippen molar-refractivity contribution in [3.05, 3.63) is 17.5 Å². The minimum atomic E-state index is 0.199. The van der Waals surface area contributed by atoms with Gasteiger partial charge >= 0.3 is 0 Å². The topological polar surface area (TPSA) is 61.0 Å². The number of aromatic nitrogens is 2. The van der Waals surface area contributed by atoms with Gasteiger partial charge in [-0.25, -0.2) is 0 Å². The number of aromatic amines is 1. The summed E-state index contributed by atoms with van der Waals surface area (Å²) in [6.07, 6.45) is 11.6. The number of nitrogens with zero attached hydrogens (tertiary/aromatic N) is 2. The second-order valence-corrected chi connectivity index (χ2v) is 7.79. The van der Waals surface area contributed by atoms with Gasteiger partial charge in [0.05, 0.1) is 17.5 Å². The molecule has 3 aliphatic rings. The molecule has 2 aliphatic heterocycles. The molecule has 0 radical (unpaired) electrons. The SMILES string of the molecule is O=C(c1cn[nH]c1C1CCCCC1)N1CCC[C@@]2(CCNC2)C1. The van der Waals surface area contributed by atoms with Gasteiger partial charge in [-0.05, 0) is 38.6 Å². The summed E-state index contributed by atoms with van der Waals surface area (Å²) in [6.45, 7) is 3.97. The minimum absolute atomic E-state index is 0.199. The first kappa shape index (κ1) is 15.2. The molecule has 1 saturated carbocycles. The van der Waals surface area contributed by atoms with Crippen molar-refractivity contribution in [3.8, 4) is 0 Å². The molecule has 3 fully saturated rings. The van der Waals surface area contributed by atoms with Gasteiger partial charge in [0.25, 0.3) is 5.91 Å². The van der Waals surface area contributed by atoms with Crippen LogP contribution in [-0.2, 0) is 0 Å². The van der Waals surface area contributed by atoms with E-state index in [4.69, 9.17) is 0 Å². The van der Waals surface area contributed by atoms with Gasteiger partial charge in [0.2, 0.25) is 0 Å². The number of likely N-dealkylation sites (tertiary alicyclic amines) is 1. The van der Waals surface area contributed by atoms with Crippen LogP contribution >= 0.6 is 0 Å². The molecule has 2 N–H and O–H groups in total. The number of nitrogens with one attached hydrogen (secondary N) is 2. The predicted octanol–water partition coefficient (Wildman–Crippen LogP) is 2.67. The van der Waals surface area contributed by atoms with Crippen LogP contribution in [0.4, 0.5) is 0 Å². The molecule has 0 bridgehead atoms. The van der Waals surface area contributed by atoms with Gasteiger partial charge in [0, 0.05) is 31.0 Å². The summed E-state index contributed by atoms with van der Waals surface area (Å²) >= 11 is 0. The van der Waals surface area contributed by atoms with Crippen LogP contribution in [0.25, 0.3) is 0 Å². The Hall–Kier alpha value is -1.36. The molecule has 5 nitrogen and oxygen atoms in total. The van der Waals surface area contributed by atoms with Crippen molar-refractivity contribution in [2.75, 3.05) is 26.2 Å². The highest BCUT2D eigenvalue weighted by atomic mass is 16.2. The van der Waals surface area contributed by atoms with Crippen molar-refractivity contribution in [1.82, 2.24) is 20.4 Å². The summed E-state index contributed by atoms with van der Waals surface area (Å²) in [6, 6.07) is 0. The number of hydrogen-bond acceptors (Lipinski definition) is 3. The van der Waals surface area contributed by atoms with E-state index < -0.39 is 0 Å². The second-order valence-electron chi connectivity index (χ2n) is 7.79. The first-order valence-electron chi connectivity index (χ1n) is 9.31. The van der Waals surface area contributed by atoms with Crippen molar-refractivity contribution in [1.29, 1.82) is 0 Å². The monoisotopic (exact) mass is 316 g/mol. The number of hydrogen-bond donors (Lipinski definition) is 2. The van der Waals surface area contributed by atoms with E-state index in [1.54, 1.807) is 6.20 Å². The van der Waals surface area contributed by atoms with Gasteiger partial charge in [-0.15, -0.1) is 0 Å². The van der Waals surface area contributed by atoms with Crippen molar-refractivity contribution >= 4 is 5.91 Å². The maximum atomic E-state index is 13.1. The third-order valence-electron chi connectivity index (χ3n) is 6.19. The van der Waals surface area contributed by atoms with E-state index >= 15 is 0 Å². The van der Waals surface area contributed by atoms with Crippen molar-refractivity contribution < 1.29 is 4.79 Å². The van der Waals surface area contributed by atoms with E-state index in [0.717, 1.165) is 43.9 Å². The zero-order valence-corrected chi connectivity index (χ0v) is 13.9. The van der Waals surface area contributed by atoms with Gasteiger partial charge in [0.15, 0.2) is 0 Å². The second kappa shape index (κ2) is 6.27. The third kappa shape index (κ3) is 2.91. The Labute approximate surface area is 138 Å². The minimum Gasteiger partial charge on any atom is -0.338 e. The molecule has 3 heterocycles. The molecule has 4 rings (SSSR count). The molecular weight excluding hydrogens is 288 g/mol. The number of amides is 1. The maximum absolute atomic E-state index is 13.1. The van der Waals surface area contributed by atoms with Crippen molar-refractivity contribution in [2.45, 2.75) is 57.3 Å². The molecule has 1 aromatic heterocycles. The summed E-state index contributed by atoms with van der Waals surface area (Å²) in [5, 5.41) is 10.8. The lowest BCUT2D eigenvalue weighted by Gasteiger charge is -2.40. The molecule has 1 aliphatic carbocycles. The summed E-state index contributed by atoms with van der Waals surface area (Å²) in [5.74, 6) is 0.697. The smallest absolute Gasteiger partial charge is 0.257 e. The van der Waals surface area contributed by atoms with Crippen LogP contribution in [-0.4, -0.2) is 47.2 Å². The first-order valence-corrected chi connectivity index (χ1v) is 9.31. The molecule has 1 atom stereocenters. The normalized spacial score (nSPS) is 29.3. The number of piperidine rings is 1. The maximum Gasteiger partial charge on any atom is 0.257 e. The van der Waals surface area contributed by atoms with Gasteiger partial charge in [0.1, 0.15) is 0 Å². The Morgan fingerprint density at radius 1 is 1.22 bits per heavy atom. The highest BCUT2D eigenvalue weighted by Gasteiger charge is 2.40. The zero-order valence-electron chi connectivity index (χ0n) is 13.9. The first-order chi connectivity index (χ1) is 11.3. The lowest BCUT2D eigenvalue weighted by atomic mass is 9.79. The molecular formula is C18H28N4O. The number of rotatable bonds is 2. The van der Waals surface area contributed by atoms with E-state index in [1.807, 2.05) is 0 Å². The van der Waals surface area contributed by atoms with E-state index in [0.29, 0.717) is 11.3 Å². The summed E-state index contributed by atoms with van der Waals surface area (Å²) < 4.78 is 0. The van der Waals surface area contributed by atoms with Crippen LogP contribution < -0.4 is 5.32 Å². The lowest BCUT2D eigenvalue weighted by molar-refractivity contribution is 0.0551. The summed E-state index contributed by atoms with van der Waals surface area (Å²) in [5.41, 5.74) is 2.25. The Balaban J connectivity index is 1.51. The van der Waals surface area contributed by atoms with Crippen molar-refractivity contribution in [2.24, 2.45) is 5.41 Å². The van der Waals surface area contributed by atoms with Crippen LogP contribution in [0.3, 0.4) is 0 Å². The Morgan fingerprint density at radius 2 is 2.09 bits per heavy atom. The van der Waals surface area contributed by atoms with Crippen LogP contribution in [0.2, 0.25) is 0 Å². The standard InChI is InChI=1S/C18H28N4O/c23-17(22-10-4-7-18(13-22)8-9-19-12-18)15-11-20-21-16(15)14-5-2-1-3-6-14/h11,14,19H,1-10,12-13H2,(H,20,21)/t18-/m0/s1. The molecule has 1 spiro atoms. The lowest BCUT2D eigenvalue weighted by Crippen LogP contribution is -2.47. The van der Waals surface area contributed by atoms with E-state index in [-0.39, 0.29) is 5.91 Å².